The molecule has 0 saturated heterocycles. The van der Waals surface area contributed by atoms with Crippen LogP contribution in [0.25, 0.3) is 0 Å². The fourth-order valence-electron chi connectivity index (χ4n) is 5.01. The molecule has 3 aromatic carbocycles. The Morgan fingerprint density at radius 2 is 1.07 bits per heavy atom. The first-order chi connectivity index (χ1) is 14.1. The summed E-state index contributed by atoms with van der Waals surface area (Å²) < 4.78 is 3.03. The molecule has 152 valence electrons. The molecule has 3 heteroatoms. The van der Waals surface area contributed by atoms with Crippen LogP contribution in [0.2, 0.25) is 0 Å². The maximum absolute atomic E-state index is 5.66. The van der Waals surface area contributed by atoms with Crippen LogP contribution in [-0.4, -0.2) is 19.4 Å². The number of hydrogen-bond donors (Lipinski definition) is 0. The van der Waals surface area contributed by atoms with Crippen molar-refractivity contribution in [1.82, 2.24) is 0 Å². The molecule has 1 saturated carbocycles. The van der Waals surface area contributed by atoms with E-state index in [4.69, 9.17) is 4.74 Å². The quantitative estimate of drug-likeness (QED) is 0.286. The van der Waals surface area contributed by atoms with Gasteiger partial charge in [0.25, 0.3) is 0 Å². The number of rotatable bonds is 6. The molecule has 0 radical (unpaired) electrons. The summed E-state index contributed by atoms with van der Waals surface area (Å²) in [5.41, 5.74) is 0. The van der Waals surface area contributed by atoms with Gasteiger partial charge in [0, 0.05) is 0 Å². The van der Waals surface area contributed by atoms with Gasteiger partial charge < -0.3 is 0 Å². The van der Waals surface area contributed by atoms with Gasteiger partial charge in [-0.15, -0.1) is 0 Å². The van der Waals surface area contributed by atoms with Gasteiger partial charge in [-0.1, -0.05) is 0 Å². The van der Waals surface area contributed by atoms with Crippen molar-refractivity contribution in [2.24, 2.45) is 5.92 Å². The summed E-state index contributed by atoms with van der Waals surface area (Å²) in [5, 5.41) is 4.47. The number of halogens is 1. The summed E-state index contributed by atoms with van der Waals surface area (Å²) in [5.74, 6) is 0.719. The van der Waals surface area contributed by atoms with E-state index in [0.717, 1.165) is 5.92 Å². The first kappa shape index (κ1) is 21.0. The first-order valence-electron chi connectivity index (χ1n) is 10.6. The average Bonchev–Trinajstić information content (AvgIpc) is 2.81. The van der Waals surface area contributed by atoms with Crippen LogP contribution in [0.1, 0.15) is 25.7 Å². The van der Waals surface area contributed by atoms with Gasteiger partial charge in [0.15, 0.2) is 0 Å². The van der Waals surface area contributed by atoms with Gasteiger partial charge in [0.05, 0.1) is 0 Å². The zero-order chi connectivity index (χ0) is 20.2. The molecule has 0 unspecified atom stereocenters. The normalized spacial score (nSPS) is 21.2. The van der Waals surface area contributed by atoms with Crippen molar-refractivity contribution in [3.05, 3.63) is 91.0 Å². The van der Waals surface area contributed by atoms with Crippen molar-refractivity contribution >= 4 is 42.2 Å². The molecule has 0 bridgehead atoms. The Bertz CT molecular complexity index is 806. The van der Waals surface area contributed by atoms with Crippen molar-refractivity contribution in [1.29, 1.82) is 0 Å². The summed E-state index contributed by atoms with van der Waals surface area (Å²) in [6, 6.07) is 33.9. The van der Waals surface area contributed by atoms with Crippen LogP contribution in [0.5, 0.6) is 0 Å². The minimum atomic E-state index is -2.63. The van der Waals surface area contributed by atoms with Crippen molar-refractivity contribution in [3.63, 3.8) is 0 Å². The van der Waals surface area contributed by atoms with Crippen LogP contribution in [0.3, 0.4) is 0 Å². The van der Waals surface area contributed by atoms with E-state index in [1.54, 1.807) is 0 Å². The van der Waals surface area contributed by atoms with Gasteiger partial charge in [-0.25, -0.2) is 0 Å². The number of hydrogen-bond acceptors (Lipinski definition) is 1. The third-order valence-electron chi connectivity index (χ3n) is 6.61. The molecular weight excluding hydrogens is 486 g/mol. The van der Waals surface area contributed by atoms with E-state index in [9.17, 15) is 0 Å². The molecule has 0 spiro atoms. The summed E-state index contributed by atoms with van der Waals surface area (Å²) >= 11 is 2.92. The molecule has 0 atom stereocenters. The van der Waals surface area contributed by atoms with Gasteiger partial charge in [-0.05, 0) is 0 Å². The van der Waals surface area contributed by atoms with Crippen molar-refractivity contribution in [3.8, 4) is 0 Å². The Balaban J connectivity index is 1.90. The predicted molar refractivity (Wildman–Crippen MR) is 137 cm³/mol. The van der Waals surface area contributed by atoms with Crippen molar-refractivity contribution in [2.45, 2.75) is 31.8 Å². The first-order valence-corrected chi connectivity index (χ1v) is 15.8. The number of methoxy groups -OCH3 is 1. The Hall–Kier alpha value is -1.22. The van der Waals surface area contributed by atoms with E-state index in [0.29, 0.717) is 6.10 Å². The van der Waals surface area contributed by atoms with E-state index >= 15 is 0 Å². The Kier molecular flexibility index (Phi) is 6.44. The third kappa shape index (κ3) is 3.92. The molecule has 29 heavy (non-hydrogen) atoms. The van der Waals surface area contributed by atoms with Gasteiger partial charge in [0.1, 0.15) is 0 Å². The molecule has 0 aromatic heterocycles. The van der Waals surface area contributed by atoms with E-state index in [1.807, 2.05) is 7.11 Å². The van der Waals surface area contributed by atoms with Gasteiger partial charge >= 0.3 is 189 Å². The Morgan fingerprint density at radius 1 is 0.690 bits per heavy atom. The molecule has 1 fully saturated rings. The summed E-state index contributed by atoms with van der Waals surface area (Å²) in [7, 11) is 1.86. The monoisotopic (exact) mass is 516 g/mol. The number of ether oxygens (including phenoxy) is 1. The molecule has 1 aliphatic carbocycles. The molecule has 1 nitrogen and oxygen atoms in total. The topological polar surface area (TPSA) is 9.23 Å². The molecule has 0 heterocycles. The summed E-state index contributed by atoms with van der Waals surface area (Å²) in [4.78, 5) is 0. The van der Waals surface area contributed by atoms with E-state index in [1.165, 1.54) is 47.8 Å². The minimum absolute atomic E-state index is 0.441. The second-order valence-corrected chi connectivity index (χ2v) is 18.9. The van der Waals surface area contributed by atoms with Crippen LogP contribution >= 0.6 is 26.3 Å². The fraction of sp³-hybridized carbons (Fsp3) is 0.308. The van der Waals surface area contributed by atoms with Crippen LogP contribution < -0.4 is 15.9 Å². The van der Waals surface area contributed by atoms with Crippen LogP contribution in [-0.2, 0) is 4.74 Å². The second-order valence-electron chi connectivity index (χ2n) is 8.25. The molecular formula is C26H30IOP. The fourth-order valence-corrected chi connectivity index (χ4v) is 14.8. The van der Waals surface area contributed by atoms with Crippen LogP contribution in [0.4, 0.5) is 0 Å². The molecule has 0 aliphatic heterocycles. The van der Waals surface area contributed by atoms with Crippen LogP contribution in [0, 0.1) is 5.92 Å². The Labute approximate surface area is 188 Å². The predicted octanol–water partition coefficient (Wildman–Crippen LogP) is 6.07. The van der Waals surface area contributed by atoms with Crippen molar-refractivity contribution in [2.75, 3.05) is 13.3 Å². The molecule has 3 aromatic rings. The standard InChI is InChI=1S/C26H30IOP/c1-28-23-19-17-22(18-20-23)21-29(27,24-11-5-2-6-12-24,25-13-7-3-8-14-25)26-15-9-4-10-16-26/h2-16,22-23H,17-21H2,1H3. The number of benzene rings is 3. The van der Waals surface area contributed by atoms with Gasteiger partial charge in [-0.2, -0.15) is 0 Å². The van der Waals surface area contributed by atoms with E-state index in [-0.39, 0.29) is 0 Å². The molecule has 0 N–H and O–H groups in total. The van der Waals surface area contributed by atoms with Crippen LogP contribution in [0.15, 0.2) is 91.0 Å². The second kappa shape index (κ2) is 8.88. The van der Waals surface area contributed by atoms with E-state index < -0.39 is 4.25 Å². The Morgan fingerprint density at radius 3 is 1.41 bits per heavy atom. The summed E-state index contributed by atoms with van der Waals surface area (Å²) in [6.07, 6.45) is 6.54. The molecule has 1 aliphatic rings. The molecule has 0 amide bonds. The zero-order valence-corrected chi connectivity index (χ0v) is 20.1. The summed E-state index contributed by atoms with van der Waals surface area (Å²) in [6.45, 7) is 0. The molecule has 4 rings (SSSR count). The maximum atomic E-state index is 5.66. The average molecular weight is 516 g/mol. The van der Waals surface area contributed by atoms with Gasteiger partial charge in [-0.3, -0.25) is 0 Å². The van der Waals surface area contributed by atoms with E-state index in [2.05, 4.69) is 113 Å². The zero-order valence-electron chi connectivity index (χ0n) is 17.1. The third-order valence-corrected chi connectivity index (χ3v) is 18.1. The van der Waals surface area contributed by atoms with Gasteiger partial charge in [0.2, 0.25) is 0 Å². The SMILES string of the molecule is COC1CCC(CP(I)(c2ccccc2)(c2ccccc2)c2ccccc2)CC1. The van der Waals surface area contributed by atoms with Crippen molar-refractivity contribution < 1.29 is 4.74 Å².